The van der Waals surface area contributed by atoms with E-state index in [9.17, 15) is 13.2 Å². The van der Waals surface area contributed by atoms with Gasteiger partial charge in [-0.25, -0.2) is 0 Å². The molecule has 0 saturated heterocycles. The quantitative estimate of drug-likeness (QED) is 0.898. The largest absolute Gasteiger partial charge is 0.405 e. The molecule has 1 aromatic rings. The Balaban J connectivity index is 2.60. The van der Waals surface area contributed by atoms with Crippen LogP contribution in [-0.4, -0.2) is 22.5 Å². The lowest BCUT2D eigenvalue weighted by Crippen LogP contribution is -2.32. The van der Waals surface area contributed by atoms with E-state index in [1.807, 2.05) is 6.92 Å². The zero-order valence-corrected chi connectivity index (χ0v) is 10.5. The van der Waals surface area contributed by atoms with Crippen molar-refractivity contribution in [1.82, 2.24) is 15.1 Å². The lowest BCUT2D eigenvalue weighted by Gasteiger charge is -2.13. The third-order valence-electron chi connectivity index (χ3n) is 2.86. The fourth-order valence-electron chi connectivity index (χ4n) is 1.65. The number of hydrogen-bond donors (Lipinski definition) is 1. The number of alkyl halides is 3. The van der Waals surface area contributed by atoms with Gasteiger partial charge in [-0.05, 0) is 13.8 Å². The molecule has 0 spiro atoms. The summed E-state index contributed by atoms with van der Waals surface area (Å²) in [5, 5.41) is 15.3. The molecule has 1 N–H and O–H groups in total. The molecule has 4 nitrogen and oxygen atoms in total. The molecule has 0 aromatic carbocycles. The highest BCUT2D eigenvalue weighted by Gasteiger charge is 2.39. The van der Waals surface area contributed by atoms with Crippen molar-refractivity contribution in [3.8, 4) is 6.07 Å². The standard InChI is InChI=1S/C11H15F3N4/c1-7-10(8(2)18(3)17-7)6-16-5-9(4-15)11(12,13)14/h9,16H,5-6H2,1-3H3. The summed E-state index contributed by atoms with van der Waals surface area (Å²) in [5.74, 6) is -1.98. The molecule has 0 aliphatic heterocycles. The molecular formula is C11H15F3N4. The maximum atomic E-state index is 12.3. The summed E-state index contributed by atoms with van der Waals surface area (Å²) in [6.45, 7) is 3.52. The molecule has 1 unspecified atom stereocenters. The van der Waals surface area contributed by atoms with Gasteiger partial charge in [-0.15, -0.1) is 0 Å². The predicted molar refractivity (Wildman–Crippen MR) is 59.5 cm³/mol. The van der Waals surface area contributed by atoms with E-state index in [2.05, 4.69) is 10.4 Å². The Labute approximate surface area is 103 Å². The Bertz CT molecular complexity index is 456. The number of hydrogen-bond acceptors (Lipinski definition) is 3. The van der Waals surface area contributed by atoms with Crippen LogP contribution < -0.4 is 5.32 Å². The van der Waals surface area contributed by atoms with Crippen molar-refractivity contribution in [2.24, 2.45) is 13.0 Å². The van der Waals surface area contributed by atoms with Crippen molar-refractivity contribution in [3.05, 3.63) is 17.0 Å². The van der Waals surface area contributed by atoms with Crippen LogP contribution >= 0.6 is 0 Å². The summed E-state index contributed by atoms with van der Waals surface area (Å²) < 4.78 is 38.7. The first-order valence-corrected chi connectivity index (χ1v) is 5.43. The lowest BCUT2D eigenvalue weighted by atomic mass is 10.1. The van der Waals surface area contributed by atoms with Gasteiger partial charge in [0.2, 0.25) is 0 Å². The molecule has 1 heterocycles. The number of nitrogens with zero attached hydrogens (tertiary/aromatic N) is 3. The molecule has 0 aliphatic carbocycles. The van der Waals surface area contributed by atoms with Crippen LogP contribution in [0.15, 0.2) is 0 Å². The summed E-state index contributed by atoms with van der Waals surface area (Å²) >= 11 is 0. The van der Waals surface area contributed by atoms with Crippen molar-refractivity contribution >= 4 is 0 Å². The van der Waals surface area contributed by atoms with E-state index in [0.717, 1.165) is 17.0 Å². The second kappa shape index (κ2) is 5.40. The summed E-state index contributed by atoms with van der Waals surface area (Å²) in [7, 11) is 1.78. The lowest BCUT2D eigenvalue weighted by molar-refractivity contribution is -0.157. The highest BCUT2D eigenvalue weighted by atomic mass is 19.4. The fourth-order valence-corrected chi connectivity index (χ4v) is 1.65. The van der Waals surface area contributed by atoms with Crippen LogP contribution in [0.25, 0.3) is 0 Å². The van der Waals surface area contributed by atoms with Crippen molar-refractivity contribution in [1.29, 1.82) is 5.26 Å². The monoisotopic (exact) mass is 260 g/mol. The average molecular weight is 260 g/mol. The highest BCUT2D eigenvalue weighted by molar-refractivity contribution is 5.24. The van der Waals surface area contributed by atoms with Crippen LogP contribution in [0.5, 0.6) is 0 Å². The molecular weight excluding hydrogens is 245 g/mol. The molecule has 1 aromatic heterocycles. The number of nitriles is 1. The maximum Gasteiger partial charge on any atom is 0.405 e. The first-order chi connectivity index (χ1) is 8.27. The van der Waals surface area contributed by atoms with Crippen LogP contribution in [0, 0.1) is 31.1 Å². The van der Waals surface area contributed by atoms with E-state index in [0.29, 0.717) is 0 Å². The third-order valence-corrected chi connectivity index (χ3v) is 2.86. The molecule has 0 amide bonds. The number of halogens is 3. The number of nitrogens with one attached hydrogen (secondary N) is 1. The van der Waals surface area contributed by atoms with E-state index >= 15 is 0 Å². The summed E-state index contributed by atoms with van der Waals surface area (Å²) in [4.78, 5) is 0. The summed E-state index contributed by atoms with van der Waals surface area (Å²) in [6.07, 6.45) is -4.49. The van der Waals surface area contributed by atoms with Crippen LogP contribution in [0.2, 0.25) is 0 Å². The van der Waals surface area contributed by atoms with E-state index in [1.165, 1.54) is 6.07 Å². The van der Waals surface area contributed by atoms with Crippen LogP contribution in [-0.2, 0) is 13.6 Å². The van der Waals surface area contributed by atoms with Gasteiger partial charge in [0, 0.05) is 31.4 Å². The number of aromatic nitrogens is 2. The van der Waals surface area contributed by atoms with E-state index < -0.39 is 18.6 Å². The summed E-state index contributed by atoms with van der Waals surface area (Å²) in [5.41, 5.74) is 2.56. The Hall–Kier alpha value is -1.55. The van der Waals surface area contributed by atoms with Gasteiger partial charge in [0.25, 0.3) is 0 Å². The average Bonchev–Trinajstić information content (AvgIpc) is 2.48. The number of aryl methyl sites for hydroxylation is 2. The van der Waals surface area contributed by atoms with Crippen molar-refractivity contribution in [2.75, 3.05) is 6.54 Å². The fraction of sp³-hybridized carbons (Fsp3) is 0.636. The van der Waals surface area contributed by atoms with Gasteiger partial charge in [-0.1, -0.05) is 0 Å². The predicted octanol–water partition coefficient (Wildman–Crippen LogP) is 1.83. The smallest absolute Gasteiger partial charge is 0.311 e. The second-order valence-corrected chi connectivity index (χ2v) is 4.13. The highest BCUT2D eigenvalue weighted by Crippen LogP contribution is 2.25. The van der Waals surface area contributed by atoms with Crippen LogP contribution in [0.4, 0.5) is 13.2 Å². The van der Waals surface area contributed by atoms with Gasteiger partial charge >= 0.3 is 6.18 Å². The molecule has 0 fully saturated rings. The van der Waals surface area contributed by atoms with Crippen LogP contribution in [0.3, 0.4) is 0 Å². The normalized spacial score (nSPS) is 13.4. The second-order valence-electron chi connectivity index (χ2n) is 4.13. The molecule has 1 rings (SSSR count). The van der Waals surface area contributed by atoms with Crippen molar-refractivity contribution in [3.63, 3.8) is 0 Å². The van der Waals surface area contributed by atoms with Crippen molar-refractivity contribution < 1.29 is 13.2 Å². The van der Waals surface area contributed by atoms with Crippen molar-refractivity contribution in [2.45, 2.75) is 26.6 Å². The summed E-state index contributed by atoms with van der Waals surface area (Å²) in [6, 6.07) is 1.25. The van der Waals surface area contributed by atoms with E-state index in [4.69, 9.17) is 5.26 Å². The Kier molecular flexibility index (Phi) is 4.35. The SMILES string of the molecule is Cc1nn(C)c(C)c1CNCC(C#N)C(F)(F)F. The number of rotatable bonds is 4. The van der Waals surface area contributed by atoms with Gasteiger partial charge in [-0.3, -0.25) is 4.68 Å². The Morgan fingerprint density at radius 3 is 2.44 bits per heavy atom. The van der Waals surface area contributed by atoms with Gasteiger partial charge in [-0.2, -0.15) is 23.5 Å². The minimum Gasteiger partial charge on any atom is -0.311 e. The maximum absolute atomic E-state index is 12.3. The molecule has 0 saturated carbocycles. The molecule has 7 heteroatoms. The molecule has 1 atom stereocenters. The molecule has 0 radical (unpaired) electrons. The van der Waals surface area contributed by atoms with Crippen LogP contribution in [0.1, 0.15) is 17.0 Å². The minimum absolute atomic E-state index is 0.278. The van der Waals surface area contributed by atoms with Gasteiger partial charge in [0.05, 0.1) is 11.8 Å². The van der Waals surface area contributed by atoms with Gasteiger partial charge in [0.15, 0.2) is 5.92 Å². The van der Waals surface area contributed by atoms with E-state index in [1.54, 1.807) is 18.7 Å². The van der Waals surface area contributed by atoms with Gasteiger partial charge < -0.3 is 5.32 Å². The Morgan fingerprint density at radius 1 is 1.44 bits per heavy atom. The minimum atomic E-state index is -4.49. The Morgan fingerprint density at radius 2 is 2.06 bits per heavy atom. The molecule has 0 bridgehead atoms. The zero-order chi connectivity index (χ0) is 13.9. The third kappa shape index (κ3) is 3.23. The first kappa shape index (κ1) is 14.5. The molecule has 0 aliphatic rings. The molecule has 18 heavy (non-hydrogen) atoms. The zero-order valence-electron chi connectivity index (χ0n) is 10.5. The topological polar surface area (TPSA) is 53.6 Å². The van der Waals surface area contributed by atoms with E-state index in [-0.39, 0.29) is 6.54 Å². The van der Waals surface area contributed by atoms with Gasteiger partial charge in [0.1, 0.15) is 0 Å². The first-order valence-electron chi connectivity index (χ1n) is 5.43. The molecule has 100 valence electrons.